The van der Waals surface area contributed by atoms with E-state index in [9.17, 15) is 9.90 Å². The summed E-state index contributed by atoms with van der Waals surface area (Å²) >= 11 is 0. The quantitative estimate of drug-likeness (QED) is 0.322. The van der Waals surface area contributed by atoms with E-state index in [0.717, 1.165) is 0 Å². The summed E-state index contributed by atoms with van der Waals surface area (Å²) in [4.78, 5) is 9.81. The summed E-state index contributed by atoms with van der Waals surface area (Å²) in [5, 5.41) is 16.2. The van der Waals surface area contributed by atoms with Gasteiger partial charge in [-0.2, -0.15) is 0 Å². The predicted molar refractivity (Wildman–Crippen MR) is 20.8 cm³/mol. The van der Waals surface area contributed by atoms with Crippen molar-refractivity contribution < 1.29 is 28.8 Å². The summed E-state index contributed by atoms with van der Waals surface area (Å²) in [7, 11) is 0. The van der Waals surface area contributed by atoms with Crippen molar-refractivity contribution >= 4 is 6.09 Å². The molecule has 42 valence electrons. The molecule has 0 aliphatic carbocycles. The first-order valence-electron chi connectivity index (χ1n) is 1.88. The molecule has 0 N–H and O–H groups in total. The summed E-state index contributed by atoms with van der Waals surface area (Å²) < 4.78 is 0.611. The van der Waals surface area contributed by atoms with Crippen LogP contribution in [0.4, 0.5) is 4.79 Å². The van der Waals surface area contributed by atoms with Crippen LogP contribution in [0.3, 0.4) is 0 Å². The SMILES string of the molecule is O=C([O-])n1ccnn1.[Li+]. The van der Waals surface area contributed by atoms with Crippen LogP contribution in [0.25, 0.3) is 0 Å². The molecule has 0 aliphatic heterocycles. The average Bonchev–Trinajstić information content (AvgIpc) is 2.12. The molecule has 5 nitrogen and oxygen atoms in total. The van der Waals surface area contributed by atoms with E-state index in [0.29, 0.717) is 4.68 Å². The zero-order valence-corrected chi connectivity index (χ0v) is 4.81. The van der Waals surface area contributed by atoms with Crippen molar-refractivity contribution in [3.8, 4) is 0 Å². The van der Waals surface area contributed by atoms with E-state index in [1.165, 1.54) is 12.4 Å². The third-order valence-corrected chi connectivity index (χ3v) is 0.610. The molecule has 0 saturated carbocycles. The molecule has 0 spiro atoms. The van der Waals surface area contributed by atoms with E-state index < -0.39 is 6.09 Å². The van der Waals surface area contributed by atoms with Crippen molar-refractivity contribution in [2.24, 2.45) is 0 Å². The molecule has 1 aromatic heterocycles. The van der Waals surface area contributed by atoms with Crippen LogP contribution in [-0.2, 0) is 0 Å². The predicted octanol–water partition coefficient (Wildman–Crippen LogP) is -4.53. The topological polar surface area (TPSA) is 70.8 Å². The maximum atomic E-state index is 9.81. The Morgan fingerprint density at radius 2 is 2.33 bits per heavy atom. The van der Waals surface area contributed by atoms with Gasteiger partial charge in [-0.15, -0.1) is 5.10 Å². The first-order valence-corrected chi connectivity index (χ1v) is 1.88. The van der Waals surface area contributed by atoms with Crippen LogP contribution in [0.2, 0.25) is 0 Å². The number of carboxylic acid groups (broad SMARTS) is 1. The van der Waals surface area contributed by atoms with Gasteiger partial charge in [-0.3, -0.25) is 0 Å². The average molecular weight is 119 g/mol. The van der Waals surface area contributed by atoms with Gasteiger partial charge in [-0.1, -0.05) is 5.21 Å². The molecule has 9 heavy (non-hydrogen) atoms. The van der Waals surface area contributed by atoms with Gasteiger partial charge in [0, 0.05) is 0 Å². The van der Waals surface area contributed by atoms with Gasteiger partial charge in [0.05, 0.1) is 12.4 Å². The zero-order valence-electron chi connectivity index (χ0n) is 4.81. The molecule has 0 saturated heterocycles. The van der Waals surface area contributed by atoms with E-state index >= 15 is 0 Å². The second kappa shape index (κ2) is 3.28. The number of aromatic nitrogens is 3. The second-order valence-electron chi connectivity index (χ2n) is 1.11. The smallest absolute Gasteiger partial charge is 0.528 e. The van der Waals surface area contributed by atoms with Gasteiger partial charge in [0.15, 0.2) is 6.09 Å². The monoisotopic (exact) mass is 119 g/mol. The fourth-order valence-electron chi connectivity index (χ4n) is 0.306. The minimum Gasteiger partial charge on any atom is -0.528 e. The van der Waals surface area contributed by atoms with Crippen LogP contribution in [0, 0.1) is 0 Å². The van der Waals surface area contributed by atoms with E-state index in [1.54, 1.807) is 0 Å². The fourth-order valence-corrected chi connectivity index (χ4v) is 0.306. The molecule has 0 aliphatic rings. The molecule has 0 fully saturated rings. The number of rotatable bonds is 0. The molecule has 0 atom stereocenters. The molecule has 1 heterocycles. The number of nitrogens with zero attached hydrogens (tertiary/aromatic N) is 3. The number of carbonyl (C=O) groups excluding carboxylic acids is 1. The Balaban J connectivity index is 0.000000640. The van der Waals surface area contributed by atoms with Crippen molar-refractivity contribution in [3.05, 3.63) is 12.4 Å². The van der Waals surface area contributed by atoms with E-state index in [1.807, 2.05) is 0 Å². The third-order valence-electron chi connectivity index (χ3n) is 0.610. The maximum Gasteiger partial charge on any atom is 1.00 e. The molecule has 0 bridgehead atoms. The Kier molecular flexibility index (Phi) is 2.99. The number of carbonyl (C=O) groups is 1. The van der Waals surface area contributed by atoms with E-state index in [4.69, 9.17) is 0 Å². The standard InChI is InChI=1S/C3H3N3O2.Li/c7-3(8)6-2-1-4-5-6;/h1-2H,(H,7,8);/q;+1/p-1. The minimum absolute atomic E-state index is 0. The van der Waals surface area contributed by atoms with Crippen molar-refractivity contribution in [1.82, 2.24) is 15.0 Å². The zero-order chi connectivity index (χ0) is 5.98. The first kappa shape index (κ1) is 8.21. The summed E-state index contributed by atoms with van der Waals surface area (Å²) in [6, 6.07) is 0. The normalized spacial score (nSPS) is 8.00. The maximum absolute atomic E-state index is 9.81. The van der Waals surface area contributed by atoms with Crippen LogP contribution < -0.4 is 24.0 Å². The molecule has 0 unspecified atom stereocenters. The Hall–Kier alpha value is -0.793. The molecule has 1 rings (SSSR count). The van der Waals surface area contributed by atoms with Gasteiger partial charge >= 0.3 is 18.9 Å². The number of hydrogen-bond acceptors (Lipinski definition) is 4. The van der Waals surface area contributed by atoms with E-state index in [-0.39, 0.29) is 18.9 Å². The van der Waals surface area contributed by atoms with Gasteiger partial charge in [0.25, 0.3) is 0 Å². The van der Waals surface area contributed by atoms with Crippen molar-refractivity contribution in [2.45, 2.75) is 0 Å². The molecule has 0 radical (unpaired) electrons. The van der Waals surface area contributed by atoms with Crippen molar-refractivity contribution in [2.75, 3.05) is 0 Å². The van der Waals surface area contributed by atoms with Crippen LogP contribution in [0.5, 0.6) is 0 Å². The summed E-state index contributed by atoms with van der Waals surface area (Å²) in [6.07, 6.45) is 1.08. The molecule has 1 aromatic rings. The minimum atomic E-state index is -1.37. The van der Waals surface area contributed by atoms with Gasteiger partial charge in [-0.25, -0.2) is 4.68 Å². The van der Waals surface area contributed by atoms with E-state index in [2.05, 4.69) is 10.3 Å². The molecule has 0 amide bonds. The number of hydrogen-bond donors (Lipinski definition) is 0. The van der Waals surface area contributed by atoms with Crippen LogP contribution >= 0.6 is 0 Å². The Labute approximate surface area is 62.8 Å². The largest absolute Gasteiger partial charge is 1.00 e. The van der Waals surface area contributed by atoms with Gasteiger partial charge < -0.3 is 9.90 Å². The molecule has 0 aromatic carbocycles. The van der Waals surface area contributed by atoms with Crippen molar-refractivity contribution in [1.29, 1.82) is 0 Å². The summed E-state index contributed by atoms with van der Waals surface area (Å²) in [6.45, 7) is 0. The Morgan fingerprint density at radius 1 is 1.67 bits per heavy atom. The van der Waals surface area contributed by atoms with Crippen LogP contribution in [-0.4, -0.2) is 21.1 Å². The Morgan fingerprint density at radius 3 is 2.56 bits per heavy atom. The molecular formula is C3H2LiN3O2. The molecule has 6 heteroatoms. The van der Waals surface area contributed by atoms with Gasteiger partial charge in [0.2, 0.25) is 0 Å². The third kappa shape index (κ3) is 1.88. The first-order chi connectivity index (χ1) is 3.80. The van der Waals surface area contributed by atoms with Crippen LogP contribution in [0.15, 0.2) is 12.4 Å². The Bertz CT molecular complexity index is 185. The summed E-state index contributed by atoms with van der Waals surface area (Å²) in [5.74, 6) is 0. The van der Waals surface area contributed by atoms with Gasteiger partial charge in [0.1, 0.15) is 0 Å². The molecular weight excluding hydrogens is 117 g/mol. The van der Waals surface area contributed by atoms with Crippen molar-refractivity contribution in [3.63, 3.8) is 0 Å². The van der Waals surface area contributed by atoms with Gasteiger partial charge in [-0.05, 0) is 0 Å². The fraction of sp³-hybridized carbons (Fsp3) is 0. The van der Waals surface area contributed by atoms with Crippen LogP contribution in [0.1, 0.15) is 0 Å². The summed E-state index contributed by atoms with van der Waals surface area (Å²) in [5.41, 5.74) is 0. The second-order valence-corrected chi connectivity index (χ2v) is 1.11.